The molecule has 1 aliphatic heterocycles. The van der Waals surface area contributed by atoms with E-state index in [9.17, 15) is 18.0 Å². The molecular weight excluding hydrogens is 210 g/mol. The lowest BCUT2D eigenvalue weighted by molar-refractivity contribution is -0.141. The minimum absolute atomic E-state index is 0.554. The van der Waals surface area contributed by atoms with Crippen LogP contribution in [0.15, 0.2) is 0 Å². The van der Waals surface area contributed by atoms with Gasteiger partial charge < -0.3 is 10.4 Å². The summed E-state index contributed by atoms with van der Waals surface area (Å²) in [6.45, 7) is 2.52. The Hall–Kier alpha value is -1.11. The Balaban J connectivity index is 3.10. The van der Waals surface area contributed by atoms with Crippen molar-refractivity contribution in [2.75, 3.05) is 5.75 Å². The van der Waals surface area contributed by atoms with Crippen LogP contribution in [-0.4, -0.2) is 41.9 Å². The highest BCUT2D eigenvalue weighted by molar-refractivity contribution is 7.93. The molecule has 1 aliphatic rings. The van der Waals surface area contributed by atoms with E-state index in [2.05, 4.69) is 5.32 Å². The zero-order valence-corrected chi connectivity index (χ0v) is 8.59. The molecule has 0 radical (unpaired) electrons. The van der Waals surface area contributed by atoms with Crippen molar-refractivity contribution in [1.82, 2.24) is 5.32 Å². The molecule has 1 unspecified atom stereocenters. The topological polar surface area (TPSA) is 101 Å². The van der Waals surface area contributed by atoms with Gasteiger partial charge in [0, 0.05) is 0 Å². The van der Waals surface area contributed by atoms with Gasteiger partial charge in [-0.05, 0) is 13.8 Å². The van der Waals surface area contributed by atoms with Crippen molar-refractivity contribution in [3.63, 3.8) is 0 Å². The van der Waals surface area contributed by atoms with Crippen LogP contribution in [0.2, 0.25) is 0 Å². The van der Waals surface area contributed by atoms with Crippen molar-refractivity contribution in [2.24, 2.45) is 0 Å². The van der Waals surface area contributed by atoms with Crippen LogP contribution in [0.1, 0.15) is 13.8 Å². The van der Waals surface area contributed by atoms with Gasteiger partial charge in [0.15, 0.2) is 9.84 Å². The second-order valence-electron chi connectivity index (χ2n) is 3.66. The molecule has 1 saturated heterocycles. The molecule has 0 aromatic carbocycles. The SMILES string of the molecule is CC1(C)C(=O)NC(C(=O)O)CS1(=O)=O. The van der Waals surface area contributed by atoms with Crippen LogP contribution < -0.4 is 5.32 Å². The van der Waals surface area contributed by atoms with Gasteiger partial charge in [0.25, 0.3) is 0 Å². The number of nitrogens with one attached hydrogen (secondary N) is 1. The lowest BCUT2D eigenvalue weighted by atomic mass is 10.1. The number of rotatable bonds is 1. The van der Waals surface area contributed by atoms with Crippen LogP contribution in [0.3, 0.4) is 0 Å². The van der Waals surface area contributed by atoms with Crippen LogP contribution in [0.25, 0.3) is 0 Å². The minimum atomic E-state index is -3.70. The Morgan fingerprint density at radius 2 is 2.07 bits per heavy atom. The predicted molar refractivity (Wildman–Crippen MR) is 47.4 cm³/mol. The summed E-state index contributed by atoms with van der Waals surface area (Å²) in [6, 6.07) is -1.33. The van der Waals surface area contributed by atoms with E-state index in [0.717, 1.165) is 0 Å². The van der Waals surface area contributed by atoms with Crippen molar-refractivity contribution < 1.29 is 23.1 Å². The third-order valence-electron chi connectivity index (χ3n) is 2.31. The second-order valence-corrected chi connectivity index (χ2v) is 6.24. The number of hydrogen-bond donors (Lipinski definition) is 2. The molecule has 0 saturated carbocycles. The molecule has 0 aliphatic carbocycles. The lowest BCUT2D eigenvalue weighted by Gasteiger charge is -2.31. The zero-order valence-electron chi connectivity index (χ0n) is 7.77. The van der Waals surface area contributed by atoms with Crippen molar-refractivity contribution >= 4 is 21.7 Å². The van der Waals surface area contributed by atoms with Crippen molar-refractivity contribution in [3.8, 4) is 0 Å². The largest absolute Gasteiger partial charge is 0.480 e. The molecule has 1 amide bonds. The van der Waals surface area contributed by atoms with Crippen LogP contribution in [0, 0.1) is 0 Å². The van der Waals surface area contributed by atoms with Gasteiger partial charge in [-0.1, -0.05) is 0 Å². The normalized spacial score (nSPS) is 29.3. The van der Waals surface area contributed by atoms with Gasteiger partial charge in [0.05, 0.1) is 5.75 Å². The number of carboxylic acids is 1. The molecule has 1 heterocycles. The van der Waals surface area contributed by atoms with Crippen molar-refractivity contribution in [1.29, 1.82) is 0 Å². The standard InChI is InChI=1S/C7H11NO5S/c1-7(2)6(11)8-4(5(9)10)3-14(7,12)13/h4H,3H2,1-2H3,(H,8,11)(H,9,10). The molecule has 80 valence electrons. The Labute approximate surface area is 81.2 Å². The van der Waals surface area contributed by atoms with Gasteiger partial charge in [0.1, 0.15) is 10.8 Å². The highest BCUT2D eigenvalue weighted by Crippen LogP contribution is 2.22. The number of sulfone groups is 1. The average Bonchev–Trinajstić information content (AvgIpc) is 1.99. The third-order valence-corrected chi connectivity index (χ3v) is 4.83. The van der Waals surface area contributed by atoms with Gasteiger partial charge in [-0.15, -0.1) is 0 Å². The molecule has 0 aromatic rings. The third kappa shape index (κ3) is 1.47. The molecule has 7 heteroatoms. The fourth-order valence-electron chi connectivity index (χ4n) is 1.08. The summed E-state index contributed by atoms with van der Waals surface area (Å²) >= 11 is 0. The van der Waals surface area contributed by atoms with E-state index in [1.807, 2.05) is 0 Å². The second kappa shape index (κ2) is 2.94. The summed E-state index contributed by atoms with van der Waals surface area (Å²) in [5, 5.41) is 10.7. The minimum Gasteiger partial charge on any atom is -0.480 e. The first-order valence-corrected chi connectivity index (χ1v) is 5.60. The Morgan fingerprint density at radius 1 is 1.57 bits per heavy atom. The number of hydrogen-bond acceptors (Lipinski definition) is 4. The predicted octanol–water partition coefficient (Wildman–Crippen LogP) is -1.24. The van der Waals surface area contributed by atoms with Gasteiger partial charge in [0.2, 0.25) is 5.91 Å². The molecule has 14 heavy (non-hydrogen) atoms. The number of aliphatic carboxylic acids is 1. The van der Waals surface area contributed by atoms with Crippen molar-refractivity contribution in [3.05, 3.63) is 0 Å². The fraction of sp³-hybridized carbons (Fsp3) is 0.714. The summed E-state index contributed by atoms with van der Waals surface area (Å²) in [7, 11) is -3.70. The molecule has 2 N–H and O–H groups in total. The summed E-state index contributed by atoms with van der Waals surface area (Å²) in [5.74, 6) is -2.66. The molecule has 1 atom stereocenters. The first-order chi connectivity index (χ1) is 6.18. The zero-order chi connectivity index (χ0) is 11.1. The maximum Gasteiger partial charge on any atom is 0.327 e. The monoisotopic (exact) mass is 221 g/mol. The fourth-order valence-corrected chi connectivity index (χ4v) is 2.50. The van der Waals surface area contributed by atoms with E-state index in [1.54, 1.807) is 0 Å². The summed E-state index contributed by atoms with van der Waals surface area (Å²) in [6.07, 6.45) is 0. The Morgan fingerprint density at radius 3 is 2.43 bits per heavy atom. The van der Waals surface area contributed by atoms with Gasteiger partial charge in [-0.3, -0.25) is 4.79 Å². The molecule has 6 nitrogen and oxygen atoms in total. The van der Waals surface area contributed by atoms with Crippen LogP contribution in [-0.2, 0) is 19.4 Å². The maximum atomic E-state index is 11.5. The van der Waals surface area contributed by atoms with E-state index < -0.39 is 38.3 Å². The quantitative estimate of drug-likeness (QED) is 0.577. The van der Waals surface area contributed by atoms with E-state index in [0.29, 0.717) is 0 Å². The molecule has 0 aromatic heterocycles. The average molecular weight is 221 g/mol. The summed E-state index contributed by atoms with van der Waals surface area (Å²) in [4.78, 5) is 21.8. The molecule has 1 fully saturated rings. The Kier molecular flexibility index (Phi) is 2.31. The molecule has 0 bridgehead atoms. The lowest BCUT2D eigenvalue weighted by Crippen LogP contribution is -2.62. The molecule has 0 spiro atoms. The molecule has 1 rings (SSSR count). The van der Waals surface area contributed by atoms with Gasteiger partial charge >= 0.3 is 5.97 Å². The number of carboxylic acid groups (broad SMARTS) is 1. The van der Waals surface area contributed by atoms with Crippen LogP contribution in [0.4, 0.5) is 0 Å². The highest BCUT2D eigenvalue weighted by Gasteiger charge is 2.49. The van der Waals surface area contributed by atoms with Crippen molar-refractivity contribution in [2.45, 2.75) is 24.6 Å². The number of carbonyl (C=O) groups is 2. The maximum absolute atomic E-state index is 11.5. The van der Waals surface area contributed by atoms with E-state index >= 15 is 0 Å². The molecular formula is C7H11NO5S. The van der Waals surface area contributed by atoms with Crippen LogP contribution in [0.5, 0.6) is 0 Å². The highest BCUT2D eigenvalue weighted by atomic mass is 32.2. The van der Waals surface area contributed by atoms with E-state index in [-0.39, 0.29) is 0 Å². The Bertz CT molecular complexity index is 383. The van der Waals surface area contributed by atoms with Crippen LogP contribution >= 0.6 is 0 Å². The summed E-state index contributed by atoms with van der Waals surface area (Å²) in [5.41, 5.74) is 0. The summed E-state index contributed by atoms with van der Waals surface area (Å²) < 4.78 is 21.5. The number of carbonyl (C=O) groups excluding carboxylic acids is 1. The van der Waals surface area contributed by atoms with Gasteiger partial charge in [-0.2, -0.15) is 0 Å². The van der Waals surface area contributed by atoms with E-state index in [1.165, 1.54) is 13.8 Å². The number of amides is 1. The van der Waals surface area contributed by atoms with E-state index in [4.69, 9.17) is 5.11 Å². The smallest absolute Gasteiger partial charge is 0.327 e. The first kappa shape index (κ1) is 11.0. The van der Waals surface area contributed by atoms with Gasteiger partial charge in [-0.25, -0.2) is 13.2 Å². The first-order valence-electron chi connectivity index (χ1n) is 3.94.